The molecule has 3 N–H and O–H groups in total. The van der Waals surface area contributed by atoms with Crippen molar-refractivity contribution in [1.82, 2.24) is 25.2 Å². The summed E-state index contributed by atoms with van der Waals surface area (Å²) in [5, 5.41) is 10.5. The Morgan fingerprint density at radius 2 is 1.87 bits per heavy atom. The average molecular weight is 509 g/mol. The van der Waals surface area contributed by atoms with Gasteiger partial charge in [-0.15, -0.1) is 0 Å². The number of carbonyl (C=O) groups excluding carboxylic acids is 1. The van der Waals surface area contributed by atoms with Crippen LogP contribution in [0.4, 0.5) is 23.0 Å². The molecule has 0 radical (unpaired) electrons. The molecule has 38 heavy (non-hydrogen) atoms. The van der Waals surface area contributed by atoms with Crippen molar-refractivity contribution in [3.05, 3.63) is 79.1 Å². The molecule has 1 amide bonds. The second-order valence-corrected chi connectivity index (χ2v) is 9.43. The summed E-state index contributed by atoms with van der Waals surface area (Å²) in [7, 11) is 3.91. The third-order valence-corrected chi connectivity index (χ3v) is 6.26. The summed E-state index contributed by atoms with van der Waals surface area (Å²) in [5.41, 5.74) is 5.17. The Bertz CT molecular complexity index is 1430. The number of benzene rings is 2. The number of rotatable bonds is 8. The van der Waals surface area contributed by atoms with Gasteiger partial charge in [-0.3, -0.25) is 9.78 Å². The van der Waals surface area contributed by atoms with Crippen molar-refractivity contribution in [1.29, 1.82) is 0 Å². The summed E-state index contributed by atoms with van der Waals surface area (Å²) >= 11 is 0. The first-order chi connectivity index (χ1) is 18.5. The number of piperazine rings is 1. The van der Waals surface area contributed by atoms with E-state index in [1.165, 1.54) is 5.69 Å². The van der Waals surface area contributed by atoms with Gasteiger partial charge in [0, 0.05) is 79.2 Å². The highest BCUT2D eigenvalue weighted by atomic mass is 16.1. The van der Waals surface area contributed by atoms with E-state index in [0.717, 1.165) is 54.0 Å². The van der Waals surface area contributed by atoms with E-state index in [0.29, 0.717) is 18.2 Å². The van der Waals surface area contributed by atoms with Crippen molar-refractivity contribution in [2.24, 2.45) is 0 Å². The normalized spacial score (nSPS) is 13.8. The molecule has 1 saturated heterocycles. The van der Waals surface area contributed by atoms with Gasteiger partial charge in [-0.1, -0.05) is 24.3 Å². The molecule has 0 aliphatic carbocycles. The molecule has 0 saturated carbocycles. The van der Waals surface area contributed by atoms with Gasteiger partial charge in [0.05, 0.1) is 11.2 Å². The minimum atomic E-state index is -0.182. The summed E-state index contributed by atoms with van der Waals surface area (Å²) in [6, 6.07) is 17.9. The molecule has 5 rings (SSSR count). The summed E-state index contributed by atoms with van der Waals surface area (Å²) in [6.45, 7) is 4.72. The fourth-order valence-electron chi connectivity index (χ4n) is 4.34. The van der Waals surface area contributed by atoms with Gasteiger partial charge in [0.25, 0.3) is 0 Å². The molecule has 0 spiro atoms. The minimum absolute atomic E-state index is 0.182. The van der Waals surface area contributed by atoms with E-state index in [1.54, 1.807) is 18.3 Å². The number of hydrogen-bond donors (Lipinski definition) is 3. The Kier molecular flexibility index (Phi) is 7.86. The smallest absolute Gasteiger partial charge is 0.248 e. The van der Waals surface area contributed by atoms with E-state index in [1.807, 2.05) is 55.5 Å². The molecule has 4 aromatic rings. The molecule has 194 valence electrons. The van der Waals surface area contributed by atoms with Crippen LogP contribution in [0.2, 0.25) is 0 Å². The van der Waals surface area contributed by atoms with Gasteiger partial charge in [-0.05, 0) is 50.5 Å². The van der Waals surface area contributed by atoms with Gasteiger partial charge in [0.1, 0.15) is 0 Å². The largest absolute Gasteiger partial charge is 0.369 e. The number of anilines is 4. The van der Waals surface area contributed by atoms with Gasteiger partial charge in [-0.2, -0.15) is 0 Å². The van der Waals surface area contributed by atoms with Crippen LogP contribution in [-0.2, 0) is 4.79 Å². The van der Waals surface area contributed by atoms with E-state index in [2.05, 4.69) is 55.1 Å². The first-order valence-electron chi connectivity index (χ1n) is 12.7. The average Bonchev–Trinajstić information content (AvgIpc) is 2.93. The molecule has 0 bridgehead atoms. The molecular formula is C29H32N8O. The Balaban J connectivity index is 1.35. The van der Waals surface area contributed by atoms with Gasteiger partial charge >= 0.3 is 0 Å². The highest BCUT2D eigenvalue weighted by Crippen LogP contribution is 2.28. The third-order valence-electron chi connectivity index (χ3n) is 6.26. The number of hydrogen-bond acceptors (Lipinski definition) is 8. The van der Waals surface area contributed by atoms with Gasteiger partial charge in [0.15, 0.2) is 0 Å². The lowest BCUT2D eigenvalue weighted by Crippen LogP contribution is -2.43. The molecule has 0 atom stereocenters. The molecule has 9 heteroatoms. The Morgan fingerprint density at radius 1 is 1.05 bits per heavy atom. The summed E-state index contributed by atoms with van der Waals surface area (Å²) in [6.07, 6.45) is 6.86. The van der Waals surface area contributed by atoms with E-state index in [-0.39, 0.29) is 5.91 Å². The predicted octanol–water partition coefficient (Wildman–Crippen LogP) is 3.90. The third kappa shape index (κ3) is 6.31. The van der Waals surface area contributed by atoms with Crippen molar-refractivity contribution >= 4 is 39.8 Å². The fourth-order valence-corrected chi connectivity index (χ4v) is 4.34. The summed E-state index contributed by atoms with van der Waals surface area (Å²) in [4.78, 5) is 30.6. The second-order valence-electron chi connectivity index (χ2n) is 9.43. The SMILES string of the molecule is CN(C)C/C=C/C(=O)Nc1ccnc(-c2cccc3cnc(Nc4ccc(N5CCNCC5)cc4)nc23)c1. The Hall–Kier alpha value is -4.34. The topological polar surface area (TPSA) is 98.3 Å². The van der Waals surface area contributed by atoms with Crippen molar-refractivity contribution in [3.8, 4) is 11.3 Å². The minimum Gasteiger partial charge on any atom is -0.369 e. The van der Waals surface area contributed by atoms with Gasteiger partial charge in [0.2, 0.25) is 11.9 Å². The number of pyridine rings is 1. The summed E-state index contributed by atoms with van der Waals surface area (Å²) < 4.78 is 0. The van der Waals surface area contributed by atoms with Crippen molar-refractivity contribution in [3.63, 3.8) is 0 Å². The van der Waals surface area contributed by atoms with Gasteiger partial charge in [-0.25, -0.2) is 9.97 Å². The number of amides is 1. The lowest BCUT2D eigenvalue weighted by Gasteiger charge is -2.29. The number of likely N-dealkylation sites (N-methyl/N-ethyl adjacent to an activating group) is 1. The van der Waals surface area contributed by atoms with Crippen molar-refractivity contribution in [2.75, 3.05) is 62.4 Å². The van der Waals surface area contributed by atoms with Crippen LogP contribution < -0.4 is 20.9 Å². The van der Waals surface area contributed by atoms with E-state index >= 15 is 0 Å². The van der Waals surface area contributed by atoms with Crippen LogP contribution in [-0.4, -0.2) is 72.6 Å². The molecule has 3 heterocycles. The molecule has 2 aromatic heterocycles. The number of nitrogens with zero attached hydrogens (tertiary/aromatic N) is 5. The molecular weight excluding hydrogens is 476 g/mol. The fraction of sp³-hybridized carbons (Fsp3) is 0.241. The highest BCUT2D eigenvalue weighted by Gasteiger charge is 2.12. The van der Waals surface area contributed by atoms with Crippen LogP contribution in [0.1, 0.15) is 0 Å². The van der Waals surface area contributed by atoms with E-state index in [9.17, 15) is 4.79 Å². The van der Waals surface area contributed by atoms with Crippen LogP contribution >= 0.6 is 0 Å². The quantitative estimate of drug-likeness (QED) is 0.308. The first-order valence-corrected chi connectivity index (χ1v) is 12.7. The Labute approximate surface area is 222 Å². The first kappa shape index (κ1) is 25.3. The van der Waals surface area contributed by atoms with Crippen LogP contribution in [0.25, 0.3) is 22.2 Å². The molecule has 2 aromatic carbocycles. The zero-order valence-corrected chi connectivity index (χ0v) is 21.7. The lowest BCUT2D eigenvalue weighted by molar-refractivity contribution is -0.111. The monoisotopic (exact) mass is 508 g/mol. The number of para-hydroxylation sites is 1. The predicted molar refractivity (Wildman–Crippen MR) is 154 cm³/mol. The second kappa shape index (κ2) is 11.8. The van der Waals surface area contributed by atoms with E-state index < -0.39 is 0 Å². The number of fused-ring (bicyclic) bond motifs is 1. The van der Waals surface area contributed by atoms with Gasteiger partial charge < -0.3 is 25.8 Å². The van der Waals surface area contributed by atoms with Crippen LogP contribution in [0, 0.1) is 0 Å². The highest BCUT2D eigenvalue weighted by molar-refractivity contribution is 6.00. The number of aromatic nitrogens is 3. The zero-order chi connectivity index (χ0) is 26.3. The standard InChI is InChI=1S/C29H32N8O/c1-36(2)16-4-7-27(38)33-23-12-13-31-26(19-23)25-6-3-5-21-20-32-29(35-28(21)25)34-22-8-10-24(11-9-22)37-17-14-30-15-18-37/h3-13,19-20,30H,14-18H2,1-2H3,(H,31,33,38)(H,32,34,35)/b7-4+. The summed E-state index contributed by atoms with van der Waals surface area (Å²) in [5.74, 6) is 0.328. The van der Waals surface area contributed by atoms with Crippen molar-refractivity contribution in [2.45, 2.75) is 0 Å². The van der Waals surface area contributed by atoms with Crippen molar-refractivity contribution < 1.29 is 4.79 Å². The molecule has 9 nitrogen and oxygen atoms in total. The number of carbonyl (C=O) groups is 1. The molecule has 0 unspecified atom stereocenters. The number of nitrogens with one attached hydrogen (secondary N) is 3. The maximum atomic E-state index is 12.3. The van der Waals surface area contributed by atoms with Crippen LogP contribution in [0.3, 0.4) is 0 Å². The molecule has 1 aliphatic heterocycles. The maximum Gasteiger partial charge on any atom is 0.248 e. The van der Waals surface area contributed by atoms with Crippen LogP contribution in [0.5, 0.6) is 0 Å². The zero-order valence-electron chi connectivity index (χ0n) is 21.7. The lowest BCUT2D eigenvalue weighted by atomic mass is 10.1. The maximum absolute atomic E-state index is 12.3. The van der Waals surface area contributed by atoms with E-state index in [4.69, 9.17) is 4.98 Å². The Morgan fingerprint density at radius 3 is 2.66 bits per heavy atom. The van der Waals surface area contributed by atoms with Crippen LogP contribution in [0.15, 0.2) is 79.1 Å². The molecule has 1 aliphatic rings. The molecule has 1 fully saturated rings.